The minimum atomic E-state index is -3.22. The third kappa shape index (κ3) is 11.6. The first kappa shape index (κ1) is 40.6. The lowest BCUT2D eigenvalue weighted by Gasteiger charge is -2.15. The van der Waals surface area contributed by atoms with Gasteiger partial charge in [-0.1, -0.05) is 104 Å². The molecule has 0 saturated carbocycles. The molecule has 6 aromatic rings. The monoisotopic (exact) mass is 912 g/mol. The average molecular weight is 916 g/mol. The molecule has 8 nitrogen and oxygen atoms in total. The Morgan fingerprint density at radius 3 is 1.88 bits per heavy atom. The van der Waals surface area contributed by atoms with E-state index in [2.05, 4.69) is 75.6 Å². The number of rotatable bonds is 7. The van der Waals surface area contributed by atoms with Gasteiger partial charge in [0.1, 0.15) is 5.15 Å². The largest absolute Gasteiger partial charge is 0.481 e. The van der Waals surface area contributed by atoms with Crippen LogP contribution in [0.4, 0.5) is 0 Å². The topological polar surface area (TPSA) is 126 Å². The molecule has 15 heteroatoms. The summed E-state index contributed by atoms with van der Waals surface area (Å²) in [5.74, 6) is -1.34. The van der Waals surface area contributed by atoms with Gasteiger partial charge in [0.15, 0.2) is 0 Å². The van der Waals surface area contributed by atoms with E-state index in [-0.39, 0.29) is 29.9 Å². The van der Waals surface area contributed by atoms with Crippen LogP contribution in [0.25, 0.3) is 44.1 Å². The van der Waals surface area contributed by atoms with Gasteiger partial charge in [-0.3, -0.25) is 18.9 Å². The Bertz CT molecular complexity index is 2330. The van der Waals surface area contributed by atoms with Crippen molar-refractivity contribution in [2.75, 3.05) is 6.61 Å². The molecule has 0 spiro atoms. The Labute approximate surface area is 329 Å². The van der Waals surface area contributed by atoms with E-state index in [1.807, 2.05) is 97.1 Å². The molecule has 2 N–H and O–H groups in total. The van der Waals surface area contributed by atoms with Crippen LogP contribution in [0.15, 0.2) is 111 Å². The number of nitrogens with zero attached hydrogens (tertiary/aromatic N) is 1. The van der Waals surface area contributed by atoms with Crippen LogP contribution < -0.4 is 5.56 Å². The maximum atomic E-state index is 12.3. The fourth-order valence-electron chi connectivity index (χ4n) is 5.29. The summed E-state index contributed by atoms with van der Waals surface area (Å²) >= 11 is 27.2. The fraction of sp³-hybridized carbons (Fsp3) is 0.111. The molecule has 0 aliphatic carbocycles. The Balaban J connectivity index is 0.000000203. The average Bonchev–Trinajstić information content (AvgIpc) is 3.05. The number of halogens is 6. The third-order valence-corrected chi connectivity index (χ3v) is 8.44. The SMILES string of the molecule is CCOC(=O)Cc1c(Cl)nc2ccccc2c1-c1cccc(Br)c1.O=C(O)Cc1c(-c2cccc(Br)c2)c2ccccc2[nH]c1=O.O=P(Cl)(Cl)Cl. The van der Waals surface area contributed by atoms with Gasteiger partial charge in [-0.2, -0.15) is 0 Å². The summed E-state index contributed by atoms with van der Waals surface area (Å²) in [6, 6.07) is 30.6. The summed E-state index contributed by atoms with van der Waals surface area (Å²) in [6.45, 7) is 2.12. The van der Waals surface area contributed by atoms with Crippen LogP contribution in [0, 0.1) is 0 Å². The zero-order valence-corrected chi connectivity index (χ0v) is 33.6. The second-order valence-corrected chi connectivity index (χ2v) is 19.4. The highest BCUT2D eigenvalue weighted by Crippen LogP contribution is 2.61. The van der Waals surface area contributed by atoms with Crippen LogP contribution in [0.1, 0.15) is 18.1 Å². The quantitative estimate of drug-likeness (QED) is 0.0927. The lowest BCUT2D eigenvalue weighted by molar-refractivity contribution is -0.142. The number of esters is 1. The molecule has 0 amide bonds. The van der Waals surface area contributed by atoms with E-state index in [4.69, 9.17) is 21.4 Å². The van der Waals surface area contributed by atoms with Gasteiger partial charge in [-0.05, 0) is 93.7 Å². The smallest absolute Gasteiger partial charge is 0.339 e. The summed E-state index contributed by atoms with van der Waals surface area (Å²) < 4.78 is 16.4. The highest BCUT2D eigenvalue weighted by Gasteiger charge is 2.19. The molecular formula is C36H27Br2Cl4N2O6P. The molecule has 0 aliphatic heterocycles. The maximum Gasteiger partial charge on any atom is 0.339 e. The number of H-pyrrole nitrogens is 1. The summed E-state index contributed by atoms with van der Waals surface area (Å²) in [6.07, 6.45) is -0.228. The highest BCUT2D eigenvalue weighted by atomic mass is 79.9. The molecule has 51 heavy (non-hydrogen) atoms. The number of para-hydroxylation sites is 2. The van der Waals surface area contributed by atoms with Gasteiger partial charge in [-0.25, -0.2) is 4.98 Å². The van der Waals surface area contributed by atoms with Gasteiger partial charge < -0.3 is 14.8 Å². The first-order chi connectivity index (χ1) is 24.2. The molecule has 0 bridgehead atoms. The van der Waals surface area contributed by atoms with Crippen molar-refractivity contribution in [1.82, 2.24) is 9.97 Å². The molecule has 0 unspecified atom stereocenters. The maximum absolute atomic E-state index is 12.3. The number of pyridine rings is 2. The number of carboxylic acid groups (broad SMARTS) is 1. The number of aliphatic carboxylic acids is 1. The van der Waals surface area contributed by atoms with Crippen LogP contribution in [-0.4, -0.2) is 33.6 Å². The van der Waals surface area contributed by atoms with E-state index in [9.17, 15) is 18.9 Å². The van der Waals surface area contributed by atoms with E-state index < -0.39 is 11.2 Å². The van der Waals surface area contributed by atoms with Gasteiger partial charge in [0, 0.05) is 41.9 Å². The Hall–Kier alpha value is -3.21. The van der Waals surface area contributed by atoms with E-state index in [0.717, 1.165) is 41.9 Å². The van der Waals surface area contributed by atoms with E-state index in [1.54, 1.807) is 6.92 Å². The second kappa shape index (κ2) is 18.5. The molecule has 264 valence electrons. The van der Waals surface area contributed by atoms with Gasteiger partial charge >= 0.3 is 17.1 Å². The van der Waals surface area contributed by atoms with E-state index >= 15 is 0 Å². The van der Waals surface area contributed by atoms with E-state index in [0.29, 0.717) is 28.4 Å². The molecule has 0 atom stereocenters. The van der Waals surface area contributed by atoms with Crippen molar-refractivity contribution in [3.05, 3.63) is 133 Å². The number of hydrogen-bond acceptors (Lipinski definition) is 6. The number of carbonyl (C=O) groups is 2. The van der Waals surface area contributed by atoms with Gasteiger partial charge in [0.2, 0.25) is 0 Å². The Morgan fingerprint density at radius 1 is 0.804 bits per heavy atom. The van der Waals surface area contributed by atoms with Gasteiger partial charge in [0.25, 0.3) is 5.56 Å². The van der Waals surface area contributed by atoms with Crippen LogP contribution in [0.2, 0.25) is 5.15 Å². The van der Waals surface area contributed by atoms with Crippen LogP contribution in [0.5, 0.6) is 0 Å². The number of hydrogen-bond donors (Lipinski definition) is 2. The molecule has 2 aromatic heterocycles. The summed E-state index contributed by atoms with van der Waals surface area (Å²) in [5, 5.41) is 8.02. The predicted molar refractivity (Wildman–Crippen MR) is 214 cm³/mol. The van der Waals surface area contributed by atoms with Crippen molar-refractivity contribution >= 4 is 116 Å². The number of fused-ring (bicyclic) bond motifs is 2. The summed E-state index contributed by atoms with van der Waals surface area (Å²) in [5.41, 5.74) is 5.45. The molecule has 4 aromatic carbocycles. The Morgan fingerprint density at radius 2 is 1.33 bits per heavy atom. The zero-order valence-electron chi connectivity index (χ0n) is 26.5. The number of benzene rings is 4. The molecule has 6 rings (SSSR count). The molecule has 0 fully saturated rings. The van der Waals surface area contributed by atoms with Crippen LogP contribution in [-0.2, 0) is 31.7 Å². The minimum absolute atomic E-state index is 0.0896. The number of carbonyl (C=O) groups excluding carboxylic acids is 1. The van der Waals surface area contributed by atoms with Crippen molar-refractivity contribution in [3.8, 4) is 22.3 Å². The summed E-state index contributed by atoms with van der Waals surface area (Å²) in [4.78, 5) is 42.7. The van der Waals surface area contributed by atoms with Crippen molar-refractivity contribution < 1.29 is 24.0 Å². The van der Waals surface area contributed by atoms with Gasteiger partial charge in [0.05, 0.1) is 25.0 Å². The van der Waals surface area contributed by atoms with Gasteiger partial charge in [-0.15, -0.1) is 0 Å². The van der Waals surface area contributed by atoms with Crippen molar-refractivity contribution in [2.45, 2.75) is 19.8 Å². The predicted octanol–water partition coefficient (Wildman–Crippen LogP) is 11.8. The fourth-order valence-corrected chi connectivity index (χ4v) is 6.34. The lowest BCUT2D eigenvalue weighted by atomic mass is 9.95. The van der Waals surface area contributed by atoms with Crippen molar-refractivity contribution in [2.24, 2.45) is 0 Å². The molecule has 0 saturated heterocycles. The Kier molecular flexibility index (Phi) is 14.7. The zero-order chi connectivity index (χ0) is 37.3. The molecule has 0 aliphatic rings. The molecular weight excluding hydrogens is 889 g/mol. The first-order valence-electron chi connectivity index (χ1n) is 15.0. The number of aromatic nitrogens is 2. The molecule has 2 heterocycles. The second-order valence-electron chi connectivity index (χ2n) is 10.6. The number of carboxylic acids is 1. The van der Waals surface area contributed by atoms with Crippen LogP contribution >= 0.6 is 82.4 Å². The van der Waals surface area contributed by atoms with Crippen LogP contribution in [0.3, 0.4) is 0 Å². The minimum Gasteiger partial charge on any atom is -0.481 e. The standard InChI is InChI=1S/C19H15BrClNO2.C17H12BrNO3.Cl3OP/c1-2-24-17(23)11-15-18(12-6-5-7-13(20)10-12)14-8-3-4-9-16(14)22-19(15)21;18-11-5-3-4-10(8-11)16-12-6-1-2-7-14(12)19-17(22)13(16)9-15(20)21;1-5(2,3)4/h3-10H,2,11H2,1H3;1-8H,9H2,(H,19,22)(H,20,21);. The third-order valence-electron chi connectivity index (χ3n) is 7.14. The lowest BCUT2D eigenvalue weighted by Crippen LogP contribution is -2.18. The van der Waals surface area contributed by atoms with Crippen molar-refractivity contribution in [1.29, 1.82) is 0 Å². The summed E-state index contributed by atoms with van der Waals surface area (Å²) in [7, 11) is 0. The normalized spacial score (nSPS) is 10.9. The van der Waals surface area contributed by atoms with E-state index in [1.165, 1.54) is 0 Å². The number of nitrogens with one attached hydrogen (secondary N) is 1. The van der Waals surface area contributed by atoms with Crippen molar-refractivity contribution in [3.63, 3.8) is 0 Å². The first-order valence-corrected chi connectivity index (χ1v) is 21.3. The highest BCUT2D eigenvalue weighted by molar-refractivity contribution is 9.10. The number of ether oxygens (including phenoxy) is 1. The number of aromatic amines is 1. The molecule has 0 radical (unpaired) electrons.